The van der Waals surface area contributed by atoms with Crippen molar-refractivity contribution < 1.29 is 13.2 Å². The zero-order valence-corrected chi connectivity index (χ0v) is 12.8. The molecule has 2 fully saturated rings. The maximum Gasteiger partial charge on any atom is 0.150 e. The first-order chi connectivity index (χ1) is 8.96. The molecule has 6 heteroatoms. The van der Waals surface area contributed by atoms with Crippen LogP contribution in [0.15, 0.2) is 0 Å². The number of nitrogens with zero attached hydrogens (tertiary/aromatic N) is 1. The van der Waals surface area contributed by atoms with Crippen LogP contribution in [0.5, 0.6) is 0 Å². The summed E-state index contributed by atoms with van der Waals surface area (Å²) in [7, 11) is -2.76. The lowest BCUT2D eigenvalue weighted by Crippen LogP contribution is -2.50. The van der Waals surface area contributed by atoms with Gasteiger partial charge in [-0.05, 0) is 26.7 Å². The van der Waals surface area contributed by atoms with Gasteiger partial charge in [0.2, 0.25) is 0 Å². The summed E-state index contributed by atoms with van der Waals surface area (Å²) in [5, 5.41) is 3.47. The predicted molar refractivity (Wildman–Crippen MR) is 76.1 cm³/mol. The van der Waals surface area contributed by atoms with Gasteiger partial charge >= 0.3 is 0 Å². The third-order valence-electron chi connectivity index (χ3n) is 4.09. The topological polar surface area (TPSA) is 58.6 Å². The number of ether oxygens (including phenoxy) is 1. The molecule has 2 rings (SSSR count). The third-order valence-corrected chi connectivity index (χ3v) is 5.80. The van der Waals surface area contributed by atoms with E-state index in [-0.39, 0.29) is 6.10 Å². The van der Waals surface area contributed by atoms with Gasteiger partial charge in [0.15, 0.2) is 0 Å². The molecule has 2 saturated heterocycles. The lowest BCUT2D eigenvalue weighted by Gasteiger charge is -2.36. The zero-order valence-electron chi connectivity index (χ0n) is 12.0. The molecule has 1 atom stereocenters. The highest BCUT2D eigenvalue weighted by atomic mass is 32.2. The maximum atomic E-state index is 11.4. The molecule has 0 aromatic carbocycles. The van der Waals surface area contributed by atoms with Gasteiger partial charge in [-0.2, -0.15) is 0 Å². The van der Waals surface area contributed by atoms with Gasteiger partial charge in [0, 0.05) is 31.7 Å². The number of hydrogen-bond donors (Lipinski definition) is 1. The number of hydrogen-bond acceptors (Lipinski definition) is 5. The Balaban J connectivity index is 1.71. The van der Waals surface area contributed by atoms with E-state index in [0.717, 1.165) is 39.1 Å². The van der Waals surface area contributed by atoms with Gasteiger partial charge in [0.25, 0.3) is 0 Å². The van der Waals surface area contributed by atoms with Gasteiger partial charge in [-0.25, -0.2) is 8.42 Å². The minimum absolute atomic E-state index is 0.231. The fourth-order valence-electron chi connectivity index (χ4n) is 2.73. The molecule has 2 aliphatic rings. The van der Waals surface area contributed by atoms with Crippen molar-refractivity contribution in [2.24, 2.45) is 0 Å². The normalized spacial score (nSPS) is 29.7. The Morgan fingerprint density at radius 3 is 2.63 bits per heavy atom. The van der Waals surface area contributed by atoms with E-state index >= 15 is 0 Å². The summed E-state index contributed by atoms with van der Waals surface area (Å²) in [6.07, 6.45) is 1.71. The van der Waals surface area contributed by atoms with Gasteiger partial charge in [0.1, 0.15) is 9.84 Å². The van der Waals surface area contributed by atoms with Gasteiger partial charge in [-0.3, -0.25) is 4.90 Å². The van der Waals surface area contributed by atoms with E-state index < -0.39 is 9.84 Å². The summed E-state index contributed by atoms with van der Waals surface area (Å²) >= 11 is 0. The second-order valence-electron chi connectivity index (χ2n) is 5.92. The van der Waals surface area contributed by atoms with Crippen molar-refractivity contribution in [2.75, 3.05) is 37.7 Å². The van der Waals surface area contributed by atoms with Crippen LogP contribution in [0.1, 0.15) is 26.7 Å². The van der Waals surface area contributed by atoms with Crippen LogP contribution in [-0.2, 0) is 14.6 Å². The highest BCUT2D eigenvalue weighted by Crippen LogP contribution is 2.13. The molecule has 0 aliphatic carbocycles. The van der Waals surface area contributed by atoms with Crippen molar-refractivity contribution in [3.05, 3.63) is 0 Å². The second-order valence-corrected chi connectivity index (χ2v) is 8.22. The van der Waals surface area contributed by atoms with E-state index in [1.807, 2.05) is 0 Å². The molecule has 19 heavy (non-hydrogen) atoms. The van der Waals surface area contributed by atoms with Gasteiger partial charge in [-0.1, -0.05) is 0 Å². The molecule has 0 radical (unpaired) electrons. The van der Waals surface area contributed by atoms with E-state index in [1.54, 1.807) is 0 Å². The molecular formula is C13H26N2O3S. The Hall–Kier alpha value is -0.170. The summed E-state index contributed by atoms with van der Waals surface area (Å²) in [5.74, 6) is 0.655. The molecule has 0 aromatic heterocycles. The van der Waals surface area contributed by atoms with Crippen LogP contribution in [0.4, 0.5) is 0 Å². The van der Waals surface area contributed by atoms with Gasteiger partial charge < -0.3 is 10.1 Å². The predicted octanol–water partition coefficient (Wildman–Crippen LogP) is 0.262. The van der Waals surface area contributed by atoms with E-state index in [0.29, 0.717) is 23.6 Å². The summed E-state index contributed by atoms with van der Waals surface area (Å²) in [6, 6.07) is 0.896. The zero-order chi connectivity index (χ0) is 13.9. The average molecular weight is 290 g/mol. The van der Waals surface area contributed by atoms with Crippen molar-refractivity contribution in [3.8, 4) is 0 Å². The quantitative estimate of drug-likeness (QED) is 0.805. The Morgan fingerprint density at radius 1 is 1.32 bits per heavy atom. The highest BCUT2D eigenvalue weighted by Gasteiger charge is 2.26. The Bertz CT molecular complexity index is 369. The fraction of sp³-hybridized carbons (Fsp3) is 1.00. The van der Waals surface area contributed by atoms with Crippen LogP contribution in [0.25, 0.3) is 0 Å². The molecule has 0 amide bonds. The van der Waals surface area contributed by atoms with E-state index in [4.69, 9.17) is 4.74 Å². The maximum absolute atomic E-state index is 11.4. The lowest BCUT2D eigenvalue weighted by atomic mass is 10.1. The van der Waals surface area contributed by atoms with Crippen LogP contribution in [0, 0.1) is 0 Å². The molecule has 1 unspecified atom stereocenters. The van der Waals surface area contributed by atoms with E-state index in [2.05, 4.69) is 24.1 Å². The first-order valence-corrected chi connectivity index (χ1v) is 9.08. The fourth-order valence-corrected chi connectivity index (χ4v) is 4.22. The molecule has 0 bridgehead atoms. The Morgan fingerprint density at radius 2 is 2.00 bits per heavy atom. The minimum Gasteiger partial charge on any atom is -0.374 e. The third kappa shape index (κ3) is 4.70. The largest absolute Gasteiger partial charge is 0.374 e. The van der Waals surface area contributed by atoms with Crippen LogP contribution in [-0.4, -0.2) is 69.3 Å². The lowest BCUT2D eigenvalue weighted by molar-refractivity contribution is -0.0382. The van der Waals surface area contributed by atoms with Gasteiger partial charge in [0.05, 0.1) is 24.2 Å². The Kier molecular flexibility index (Phi) is 5.22. The standard InChI is InChI=1S/C13H26N2O3S/c1-11(2)15-5-6-18-13(10-15)9-14-12-3-7-19(16,17)8-4-12/h11-14H,3-10H2,1-2H3. The van der Waals surface area contributed by atoms with Crippen LogP contribution in [0.3, 0.4) is 0 Å². The Labute approximate surface area is 116 Å². The van der Waals surface area contributed by atoms with Crippen molar-refractivity contribution in [2.45, 2.75) is 44.9 Å². The van der Waals surface area contributed by atoms with Crippen molar-refractivity contribution >= 4 is 9.84 Å². The van der Waals surface area contributed by atoms with Crippen molar-refractivity contribution in [3.63, 3.8) is 0 Å². The summed E-state index contributed by atoms with van der Waals surface area (Å²) < 4.78 is 28.5. The molecule has 0 saturated carbocycles. The van der Waals surface area contributed by atoms with Crippen LogP contribution in [0.2, 0.25) is 0 Å². The molecule has 1 N–H and O–H groups in total. The number of morpholine rings is 1. The molecule has 2 aliphatic heterocycles. The first kappa shape index (κ1) is 15.2. The number of sulfone groups is 1. The molecule has 112 valence electrons. The molecule has 0 aromatic rings. The van der Waals surface area contributed by atoms with Crippen LogP contribution < -0.4 is 5.32 Å². The second kappa shape index (κ2) is 6.52. The van der Waals surface area contributed by atoms with E-state index in [9.17, 15) is 8.42 Å². The van der Waals surface area contributed by atoms with E-state index in [1.165, 1.54) is 0 Å². The summed E-state index contributed by atoms with van der Waals surface area (Å²) in [6.45, 7) is 8.02. The highest BCUT2D eigenvalue weighted by molar-refractivity contribution is 7.91. The molecule has 0 spiro atoms. The smallest absolute Gasteiger partial charge is 0.150 e. The number of nitrogens with one attached hydrogen (secondary N) is 1. The monoisotopic (exact) mass is 290 g/mol. The molecule has 2 heterocycles. The minimum atomic E-state index is -2.76. The summed E-state index contributed by atoms with van der Waals surface area (Å²) in [4.78, 5) is 2.43. The van der Waals surface area contributed by atoms with Crippen LogP contribution >= 0.6 is 0 Å². The number of rotatable bonds is 4. The molecule has 5 nitrogen and oxygen atoms in total. The van der Waals surface area contributed by atoms with Gasteiger partial charge in [-0.15, -0.1) is 0 Å². The van der Waals surface area contributed by atoms with Crippen molar-refractivity contribution in [1.29, 1.82) is 0 Å². The SMILES string of the molecule is CC(C)N1CCOC(CNC2CCS(=O)(=O)CC2)C1. The summed E-state index contributed by atoms with van der Waals surface area (Å²) in [5.41, 5.74) is 0. The first-order valence-electron chi connectivity index (χ1n) is 7.26. The molecular weight excluding hydrogens is 264 g/mol. The van der Waals surface area contributed by atoms with Crippen molar-refractivity contribution in [1.82, 2.24) is 10.2 Å². The average Bonchev–Trinajstić information content (AvgIpc) is 2.38.